The molecule has 1 aliphatic carbocycles. The van der Waals surface area contributed by atoms with Gasteiger partial charge in [0, 0.05) is 35.2 Å². The van der Waals surface area contributed by atoms with Gasteiger partial charge in [0.05, 0.1) is 22.7 Å². The lowest BCUT2D eigenvalue weighted by atomic mass is 9.84. The Morgan fingerprint density at radius 3 is 2.68 bits per heavy atom. The minimum absolute atomic E-state index is 0.00910. The van der Waals surface area contributed by atoms with E-state index in [2.05, 4.69) is 5.32 Å². The first kappa shape index (κ1) is 22.0. The van der Waals surface area contributed by atoms with Gasteiger partial charge in [-0.2, -0.15) is 5.10 Å². The number of sulfone groups is 1. The number of carbonyl (C=O) groups is 1. The largest absolute Gasteiger partial charge is 0.349 e. The lowest BCUT2D eigenvalue weighted by Crippen LogP contribution is -2.64. The SMILES string of the molecule is CCc1ccc(F)c(-c2nn(C(C)C)c3c2CCC(C(=O)NC2(C)CS(=O)(=O)C2)C3)c1. The van der Waals surface area contributed by atoms with E-state index in [9.17, 15) is 17.6 Å². The number of aromatic nitrogens is 2. The maximum atomic E-state index is 14.7. The summed E-state index contributed by atoms with van der Waals surface area (Å²) in [6.45, 7) is 7.87. The van der Waals surface area contributed by atoms with Crippen LogP contribution in [0.2, 0.25) is 0 Å². The first-order valence-electron chi connectivity index (χ1n) is 10.9. The highest BCUT2D eigenvalue weighted by Crippen LogP contribution is 2.36. The number of amides is 1. The number of nitrogens with one attached hydrogen (secondary N) is 1. The van der Waals surface area contributed by atoms with Crippen LogP contribution in [0, 0.1) is 11.7 Å². The average Bonchev–Trinajstić information content (AvgIpc) is 3.05. The van der Waals surface area contributed by atoms with Gasteiger partial charge in [-0.25, -0.2) is 12.8 Å². The molecule has 0 spiro atoms. The zero-order valence-electron chi connectivity index (χ0n) is 18.5. The zero-order chi connectivity index (χ0) is 22.6. The number of halogens is 1. The summed E-state index contributed by atoms with van der Waals surface area (Å²) in [4.78, 5) is 12.9. The van der Waals surface area contributed by atoms with Crippen molar-refractivity contribution in [2.45, 2.75) is 65.0 Å². The van der Waals surface area contributed by atoms with Crippen molar-refractivity contribution < 1.29 is 17.6 Å². The molecular weight excluding hydrogens is 417 g/mol. The highest BCUT2D eigenvalue weighted by molar-refractivity contribution is 7.93. The van der Waals surface area contributed by atoms with Crippen molar-refractivity contribution in [3.8, 4) is 11.3 Å². The van der Waals surface area contributed by atoms with Gasteiger partial charge in [-0.1, -0.05) is 13.0 Å². The molecule has 31 heavy (non-hydrogen) atoms. The normalized spacial score (nSPS) is 21.4. The molecule has 1 amide bonds. The minimum atomic E-state index is -3.03. The monoisotopic (exact) mass is 447 g/mol. The Hall–Kier alpha value is -2.22. The Morgan fingerprint density at radius 1 is 1.35 bits per heavy atom. The van der Waals surface area contributed by atoms with E-state index in [0.717, 1.165) is 23.2 Å². The molecule has 1 N–H and O–H groups in total. The van der Waals surface area contributed by atoms with Crippen molar-refractivity contribution in [2.24, 2.45) is 5.92 Å². The Labute approximate surface area is 183 Å². The summed E-state index contributed by atoms with van der Waals surface area (Å²) >= 11 is 0. The second kappa shape index (κ2) is 7.73. The Balaban J connectivity index is 1.63. The molecule has 1 aromatic carbocycles. The molecule has 1 aromatic heterocycles. The maximum Gasteiger partial charge on any atom is 0.223 e. The third-order valence-electron chi connectivity index (χ3n) is 6.36. The lowest BCUT2D eigenvalue weighted by Gasteiger charge is -2.39. The summed E-state index contributed by atoms with van der Waals surface area (Å²) in [6.07, 6.45) is 2.61. The fourth-order valence-corrected chi connectivity index (χ4v) is 6.88. The van der Waals surface area contributed by atoms with Crippen molar-refractivity contribution in [3.63, 3.8) is 0 Å². The zero-order valence-corrected chi connectivity index (χ0v) is 19.4. The third-order valence-corrected chi connectivity index (χ3v) is 8.51. The minimum Gasteiger partial charge on any atom is -0.349 e. The Kier molecular flexibility index (Phi) is 5.48. The molecule has 1 atom stereocenters. The van der Waals surface area contributed by atoms with Crippen LogP contribution in [0.25, 0.3) is 11.3 Å². The molecule has 2 aliphatic rings. The van der Waals surface area contributed by atoms with E-state index in [-0.39, 0.29) is 35.2 Å². The van der Waals surface area contributed by atoms with Crippen LogP contribution in [0.1, 0.15) is 57.0 Å². The third kappa shape index (κ3) is 4.14. The predicted molar refractivity (Wildman–Crippen MR) is 118 cm³/mol. The van der Waals surface area contributed by atoms with Crippen LogP contribution in [0.15, 0.2) is 18.2 Å². The van der Waals surface area contributed by atoms with Crippen molar-refractivity contribution >= 4 is 15.7 Å². The van der Waals surface area contributed by atoms with Gasteiger partial charge in [0.2, 0.25) is 5.91 Å². The molecule has 1 saturated heterocycles. The molecule has 8 heteroatoms. The topological polar surface area (TPSA) is 81.1 Å². The summed E-state index contributed by atoms with van der Waals surface area (Å²) in [5.74, 6) is -0.662. The molecule has 1 aliphatic heterocycles. The lowest BCUT2D eigenvalue weighted by molar-refractivity contribution is -0.126. The molecule has 2 heterocycles. The fourth-order valence-electron chi connectivity index (χ4n) is 4.88. The molecule has 0 bridgehead atoms. The summed E-state index contributed by atoms with van der Waals surface area (Å²) in [5.41, 5.74) is 3.56. The molecule has 0 saturated carbocycles. The van der Waals surface area contributed by atoms with Crippen LogP contribution in [-0.2, 0) is 33.9 Å². The number of fused-ring (bicyclic) bond motifs is 1. The van der Waals surface area contributed by atoms with Crippen LogP contribution in [-0.4, -0.2) is 41.2 Å². The van der Waals surface area contributed by atoms with Crippen LogP contribution in [0.3, 0.4) is 0 Å². The first-order chi connectivity index (χ1) is 14.5. The standard InChI is InChI=1S/C23H30FN3O3S/c1-5-15-6-9-19(24)18(10-15)21-17-8-7-16(11-20(17)27(26-21)14(2)3)22(28)25-23(4)12-31(29,30)13-23/h6,9-10,14,16H,5,7-8,11-13H2,1-4H3,(H,25,28). The van der Waals surface area contributed by atoms with Gasteiger partial charge >= 0.3 is 0 Å². The van der Waals surface area contributed by atoms with E-state index >= 15 is 0 Å². The molecule has 168 valence electrons. The van der Waals surface area contributed by atoms with Crippen molar-refractivity contribution in [2.75, 3.05) is 11.5 Å². The van der Waals surface area contributed by atoms with Crippen molar-refractivity contribution in [3.05, 3.63) is 40.8 Å². The van der Waals surface area contributed by atoms with Crippen molar-refractivity contribution in [1.29, 1.82) is 0 Å². The number of carbonyl (C=O) groups excluding carboxylic acids is 1. The van der Waals surface area contributed by atoms with E-state index in [0.29, 0.717) is 30.5 Å². The smallest absolute Gasteiger partial charge is 0.223 e. The molecule has 1 unspecified atom stereocenters. The van der Waals surface area contributed by atoms with Gasteiger partial charge in [0.1, 0.15) is 5.82 Å². The van der Waals surface area contributed by atoms with Gasteiger partial charge in [0.25, 0.3) is 0 Å². The number of benzene rings is 1. The number of nitrogens with zero attached hydrogens (tertiary/aromatic N) is 2. The maximum absolute atomic E-state index is 14.7. The van der Waals surface area contributed by atoms with E-state index in [1.54, 1.807) is 13.0 Å². The predicted octanol–water partition coefficient (Wildman–Crippen LogP) is 3.24. The molecule has 4 rings (SSSR count). The molecule has 1 fully saturated rings. The number of rotatable bonds is 5. The summed E-state index contributed by atoms with van der Waals surface area (Å²) in [6, 6.07) is 5.25. The van der Waals surface area contributed by atoms with Gasteiger partial charge < -0.3 is 5.32 Å². The fraction of sp³-hybridized carbons (Fsp3) is 0.565. The molecule has 0 radical (unpaired) electrons. The van der Waals surface area contributed by atoms with Crippen LogP contribution in [0.4, 0.5) is 4.39 Å². The van der Waals surface area contributed by atoms with Crippen LogP contribution < -0.4 is 5.32 Å². The summed E-state index contributed by atoms with van der Waals surface area (Å²) in [7, 11) is -3.03. The van der Waals surface area contributed by atoms with Crippen LogP contribution >= 0.6 is 0 Å². The second-order valence-corrected chi connectivity index (χ2v) is 11.6. The Bertz CT molecular complexity index is 1130. The number of aryl methyl sites for hydroxylation is 1. The first-order valence-corrected chi connectivity index (χ1v) is 12.8. The van der Waals surface area contributed by atoms with Crippen LogP contribution in [0.5, 0.6) is 0 Å². The summed E-state index contributed by atoms with van der Waals surface area (Å²) < 4.78 is 39.7. The van der Waals surface area contributed by atoms with Gasteiger partial charge in [0.15, 0.2) is 9.84 Å². The van der Waals surface area contributed by atoms with Gasteiger partial charge in [-0.05, 0) is 57.7 Å². The number of hydrogen-bond donors (Lipinski definition) is 1. The van der Waals surface area contributed by atoms with E-state index in [1.165, 1.54) is 6.07 Å². The highest BCUT2D eigenvalue weighted by atomic mass is 32.2. The molecule has 2 aromatic rings. The van der Waals surface area contributed by atoms with E-state index in [1.807, 2.05) is 31.5 Å². The van der Waals surface area contributed by atoms with E-state index < -0.39 is 15.4 Å². The van der Waals surface area contributed by atoms with Crippen molar-refractivity contribution in [1.82, 2.24) is 15.1 Å². The van der Waals surface area contributed by atoms with Gasteiger partial charge in [-0.15, -0.1) is 0 Å². The quantitative estimate of drug-likeness (QED) is 0.763. The molecular formula is C23H30FN3O3S. The Morgan fingerprint density at radius 2 is 2.06 bits per heavy atom. The van der Waals surface area contributed by atoms with Gasteiger partial charge in [-0.3, -0.25) is 9.48 Å². The van der Waals surface area contributed by atoms with E-state index in [4.69, 9.17) is 5.10 Å². The highest BCUT2D eigenvalue weighted by Gasteiger charge is 2.46. The average molecular weight is 448 g/mol. The number of hydrogen-bond acceptors (Lipinski definition) is 4. The second-order valence-electron chi connectivity index (χ2n) is 9.50. The molecule has 6 nitrogen and oxygen atoms in total. The summed E-state index contributed by atoms with van der Waals surface area (Å²) in [5, 5.41) is 7.73.